The Morgan fingerprint density at radius 1 is 1.17 bits per heavy atom. The molecule has 152 valence electrons. The van der Waals surface area contributed by atoms with E-state index in [0.717, 1.165) is 11.1 Å². The summed E-state index contributed by atoms with van der Waals surface area (Å²) < 4.78 is 11.0. The number of rotatable bonds is 8. The topological polar surface area (TPSA) is 77.2 Å². The standard InChI is InChI=1S/C22H25N3O3S/c1-14(2)28-13-17-9-7-16(8-10-17)12-23-21(26)19-15(3)24-20(25-22(19)29-4)18-6-5-11-27-18/h5-11,14H,12-13H2,1-4H3,(H,23,26). The van der Waals surface area contributed by atoms with Crippen LogP contribution >= 0.6 is 11.8 Å². The summed E-state index contributed by atoms with van der Waals surface area (Å²) in [5, 5.41) is 3.60. The molecule has 0 aliphatic carbocycles. The SMILES string of the molecule is CSc1nc(-c2ccco2)nc(C)c1C(=O)NCc1ccc(COC(C)C)cc1. The molecule has 0 radical (unpaired) electrons. The van der Waals surface area contributed by atoms with Crippen molar-refractivity contribution in [1.82, 2.24) is 15.3 Å². The average Bonchev–Trinajstić information content (AvgIpc) is 3.25. The second-order valence-electron chi connectivity index (χ2n) is 6.85. The lowest BCUT2D eigenvalue weighted by molar-refractivity contribution is 0.0657. The van der Waals surface area contributed by atoms with Gasteiger partial charge in [-0.1, -0.05) is 24.3 Å². The minimum absolute atomic E-state index is 0.190. The molecule has 0 aliphatic heterocycles. The Kier molecular flexibility index (Phi) is 7.06. The van der Waals surface area contributed by atoms with Gasteiger partial charge in [0.15, 0.2) is 11.6 Å². The minimum Gasteiger partial charge on any atom is -0.461 e. The molecule has 3 aromatic rings. The van der Waals surface area contributed by atoms with Crippen molar-refractivity contribution in [2.75, 3.05) is 6.26 Å². The van der Waals surface area contributed by atoms with Gasteiger partial charge in [-0.05, 0) is 50.3 Å². The van der Waals surface area contributed by atoms with Crippen LogP contribution in [-0.4, -0.2) is 28.2 Å². The molecule has 0 bridgehead atoms. The smallest absolute Gasteiger partial charge is 0.256 e. The van der Waals surface area contributed by atoms with Gasteiger partial charge in [0.25, 0.3) is 5.91 Å². The zero-order chi connectivity index (χ0) is 20.8. The predicted octanol–water partition coefficient (Wildman–Crippen LogP) is 4.62. The Labute approximate surface area is 175 Å². The molecule has 0 unspecified atom stereocenters. The largest absolute Gasteiger partial charge is 0.461 e. The summed E-state index contributed by atoms with van der Waals surface area (Å²) in [6.07, 6.45) is 3.67. The molecule has 1 N–H and O–H groups in total. The fourth-order valence-corrected chi connectivity index (χ4v) is 3.38. The fraction of sp³-hybridized carbons (Fsp3) is 0.318. The monoisotopic (exact) mass is 411 g/mol. The quantitative estimate of drug-likeness (QED) is 0.430. The molecule has 2 heterocycles. The highest BCUT2D eigenvalue weighted by molar-refractivity contribution is 7.98. The summed E-state index contributed by atoms with van der Waals surface area (Å²) in [5.74, 6) is 0.870. The maximum Gasteiger partial charge on any atom is 0.256 e. The summed E-state index contributed by atoms with van der Waals surface area (Å²) in [6, 6.07) is 11.6. The third-order valence-electron chi connectivity index (χ3n) is 4.28. The number of ether oxygens (including phenoxy) is 1. The number of nitrogens with zero attached hydrogens (tertiary/aromatic N) is 2. The molecule has 2 aromatic heterocycles. The molecule has 1 amide bonds. The number of aromatic nitrogens is 2. The van der Waals surface area contributed by atoms with Crippen molar-refractivity contribution in [2.45, 2.75) is 45.1 Å². The zero-order valence-electron chi connectivity index (χ0n) is 17.1. The van der Waals surface area contributed by atoms with Crippen LogP contribution in [0, 0.1) is 6.92 Å². The Morgan fingerprint density at radius 3 is 2.52 bits per heavy atom. The second-order valence-corrected chi connectivity index (χ2v) is 7.65. The molecular weight excluding hydrogens is 386 g/mol. The second kappa shape index (κ2) is 9.71. The van der Waals surface area contributed by atoms with E-state index in [-0.39, 0.29) is 12.0 Å². The third kappa shape index (κ3) is 5.46. The number of hydrogen-bond donors (Lipinski definition) is 1. The van der Waals surface area contributed by atoms with Crippen LogP contribution in [-0.2, 0) is 17.9 Å². The van der Waals surface area contributed by atoms with Crippen molar-refractivity contribution in [3.63, 3.8) is 0 Å². The number of furan rings is 1. The van der Waals surface area contributed by atoms with E-state index < -0.39 is 0 Å². The molecule has 0 saturated heterocycles. The molecule has 29 heavy (non-hydrogen) atoms. The maximum atomic E-state index is 12.8. The fourth-order valence-electron chi connectivity index (χ4n) is 2.76. The molecule has 1 aromatic carbocycles. The average molecular weight is 412 g/mol. The van der Waals surface area contributed by atoms with Crippen LogP contribution in [0.5, 0.6) is 0 Å². The summed E-state index contributed by atoms with van der Waals surface area (Å²) in [7, 11) is 0. The number of carbonyl (C=O) groups is 1. The number of thioether (sulfide) groups is 1. The van der Waals surface area contributed by atoms with Crippen LogP contribution in [0.1, 0.15) is 41.0 Å². The van der Waals surface area contributed by atoms with Gasteiger partial charge in [-0.15, -0.1) is 11.8 Å². The lowest BCUT2D eigenvalue weighted by Gasteiger charge is -2.12. The van der Waals surface area contributed by atoms with E-state index in [2.05, 4.69) is 15.3 Å². The van der Waals surface area contributed by atoms with E-state index in [9.17, 15) is 4.79 Å². The molecule has 3 rings (SSSR count). The summed E-state index contributed by atoms with van der Waals surface area (Å²) in [4.78, 5) is 21.8. The summed E-state index contributed by atoms with van der Waals surface area (Å²) in [5.41, 5.74) is 3.24. The highest BCUT2D eigenvalue weighted by atomic mass is 32.2. The van der Waals surface area contributed by atoms with E-state index >= 15 is 0 Å². The van der Waals surface area contributed by atoms with Gasteiger partial charge in [0, 0.05) is 6.54 Å². The molecule has 7 heteroatoms. The van der Waals surface area contributed by atoms with Gasteiger partial charge in [-0.25, -0.2) is 9.97 Å². The first-order chi connectivity index (χ1) is 14.0. The Bertz CT molecular complexity index is 954. The highest BCUT2D eigenvalue weighted by Gasteiger charge is 2.19. The first-order valence-electron chi connectivity index (χ1n) is 9.42. The van der Waals surface area contributed by atoms with Crippen molar-refractivity contribution in [3.05, 3.63) is 65.0 Å². The number of nitrogens with one attached hydrogen (secondary N) is 1. The van der Waals surface area contributed by atoms with Crippen molar-refractivity contribution in [3.8, 4) is 11.6 Å². The summed E-state index contributed by atoms with van der Waals surface area (Å²) in [6.45, 7) is 6.85. The zero-order valence-corrected chi connectivity index (χ0v) is 17.9. The maximum absolute atomic E-state index is 12.8. The molecule has 0 saturated carbocycles. The van der Waals surface area contributed by atoms with Crippen LogP contribution in [0.25, 0.3) is 11.6 Å². The van der Waals surface area contributed by atoms with Crippen LogP contribution in [0.15, 0.2) is 52.1 Å². The number of aryl methyl sites for hydroxylation is 1. The minimum atomic E-state index is -0.190. The predicted molar refractivity (Wildman–Crippen MR) is 114 cm³/mol. The van der Waals surface area contributed by atoms with Gasteiger partial charge >= 0.3 is 0 Å². The lowest BCUT2D eigenvalue weighted by Crippen LogP contribution is -2.25. The van der Waals surface area contributed by atoms with E-state index in [1.165, 1.54) is 11.8 Å². The number of hydrogen-bond acceptors (Lipinski definition) is 6. The first kappa shape index (κ1) is 21.1. The Morgan fingerprint density at radius 2 is 1.90 bits per heavy atom. The van der Waals surface area contributed by atoms with Crippen molar-refractivity contribution < 1.29 is 13.9 Å². The first-order valence-corrected chi connectivity index (χ1v) is 10.6. The molecule has 0 fully saturated rings. The van der Waals surface area contributed by atoms with Crippen LogP contribution in [0.4, 0.5) is 0 Å². The van der Waals surface area contributed by atoms with Crippen LogP contribution in [0.2, 0.25) is 0 Å². The van der Waals surface area contributed by atoms with Gasteiger partial charge in [0.1, 0.15) is 5.03 Å². The van der Waals surface area contributed by atoms with Crippen molar-refractivity contribution in [1.29, 1.82) is 0 Å². The lowest BCUT2D eigenvalue weighted by atomic mass is 10.1. The normalized spacial score (nSPS) is 11.1. The van der Waals surface area contributed by atoms with Gasteiger partial charge in [-0.3, -0.25) is 4.79 Å². The number of benzene rings is 1. The molecule has 0 atom stereocenters. The van der Waals surface area contributed by atoms with Gasteiger partial charge < -0.3 is 14.5 Å². The van der Waals surface area contributed by atoms with Gasteiger partial charge in [-0.2, -0.15) is 0 Å². The van der Waals surface area contributed by atoms with Gasteiger partial charge in [0.05, 0.1) is 30.2 Å². The molecule has 0 aliphatic rings. The number of carbonyl (C=O) groups excluding carboxylic acids is 1. The van der Waals surface area contributed by atoms with E-state index in [4.69, 9.17) is 9.15 Å². The van der Waals surface area contributed by atoms with E-state index in [1.54, 1.807) is 18.4 Å². The Balaban J connectivity index is 1.69. The summed E-state index contributed by atoms with van der Waals surface area (Å²) >= 11 is 1.41. The molecular formula is C22H25N3O3S. The third-order valence-corrected chi connectivity index (χ3v) is 4.96. The van der Waals surface area contributed by atoms with Crippen LogP contribution in [0.3, 0.4) is 0 Å². The van der Waals surface area contributed by atoms with E-state index in [0.29, 0.717) is 41.0 Å². The number of amides is 1. The van der Waals surface area contributed by atoms with Crippen molar-refractivity contribution in [2.24, 2.45) is 0 Å². The van der Waals surface area contributed by atoms with Gasteiger partial charge in [0.2, 0.25) is 0 Å². The Hall–Kier alpha value is -2.64. The highest BCUT2D eigenvalue weighted by Crippen LogP contribution is 2.25. The molecule has 0 spiro atoms. The van der Waals surface area contributed by atoms with E-state index in [1.807, 2.05) is 51.3 Å². The molecule has 6 nitrogen and oxygen atoms in total. The van der Waals surface area contributed by atoms with Crippen LogP contribution < -0.4 is 5.32 Å². The van der Waals surface area contributed by atoms with Crippen molar-refractivity contribution >= 4 is 17.7 Å².